The second-order valence-corrected chi connectivity index (χ2v) is 7.90. The Labute approximate surface area is 145 Å². The average Bonchev–Trinajstić information content (AvgIpc) is 3.24. The molecule has 2 aromatic heterocycles. The van der Waals surface area contributed by atoms with Gasteiger partial charge < -0.3 is 11.1 Å². The molecule has 1 aliphatic heterocycles. The minimum Gasteiger partial charge on any atom is -0.368 e. The number of thiophene rings is 1. The number of likely N-dealkylation sites (tertiary alicyclic amines) is 1. The molecular formula is C15H24N6S2. The predicted molar refractivity (Wildman–Crippen MR) is 98.9 cm³/mol. The van der Waals surface area contributed by atoms with Gasteiger partial charge in [-0.25, -0.2) is 4.68 Å². The van der Waals surface area contributed by atoms with Gasteiger partial charge in [0.05, 0.1) is 0 Å². The zero-order valence-electron chi connectivity index (χ0n) is 13.5. The highest BCUT2D eigenvalue weighted by Gasteiger charge is 2.12. The minimum atomic E-state index is 0.434. The fourth-order valence-corrected chi connectivity index (χ4v) is 4.47. The van der Waals surface area contributed by atoms with Crippen LogP contribution in [-0.2, 0) is 19.3 Å². The molecule has 8 heteroatoms. The van der Waals surface area contributed by atoms with E-state index in [-0.39, 0.29) is 0 Å². The van der Waals surface area contributed by atoms with Gasteiger partial charge in [0.15, 0.2) is 0 Å². The fraction of sp³-hybridized carbons (Fsp3) is 0.600. The predicted octanol–water partition coefficient (Wildman–Crippen LogP) is 2.40. The average molecular weight is 353 g/mol. The molecule has 0 atom stereocenters. The summed E-state index contributed by atoms with van der Waals surface area (Å²) in [6.07, 6.45) is 2.72. The standard InChI is InChI=1S/C15H24N6S2/c1-20-14(16)18-15(19-20)17-4-7-22-10-12-8-13(23-11-12)9-21-5-2-3-6-21/h8,11H,2-7,9-10H2,1H3,(H3,16,17,18,19). The Hall–Kier alpha value is -1.25. The molecule has 0 amide bonds. The summed E-state index contributed by atoms with van der Waals surface area (Å²) in [4.78, 5) is 8.17. The first-order valence-electron chi connectivity index (χ1n) is 7.97. The molecule has 0 aliphatic carbocycles. The van der Waals surface area contributed by atoms with Crippen molar-refractivity contribution in [3.8, 4) is 0 Å². The van der Waals surface area contributed by atoms with E-state index < -0.39 is 0 Å². The molecule has 1 fully saturated rings. The molecule has 3 rings (SSSR count). The van der Waals surface area contributed by atoms with E-state index in [1.165, 1.54) is 36.4 Å². The van der Waals surface area contributed by atoms with Gasteiger partial charge in [0.25, 0.3) is 0 Å². The lowest BCUT2D eigenvalue weighted by molar-refractivity contribution is 0.334. The number of nitrogens with one attached hydrogen (secondary N) is 1. The Bertz CT molecular complexity index is 598. The number of nitrogens with zero attached hydrogens (tertiary/aromatic N) is 4. The summed E-state index contributed by atoms with van der Waals surface area (Å²) in [6.45, 7) is 4.50. The van der Waals surface area contributed by atoms with Gasteiger partial charge in [-0.05, 0) is 42.9 Å². The minimum absolute atomic E-state index is 0.434. The van der Waals surface area contributed by atoms with Gasteiger partial charge in [0.1, 0.15) is 0 Å². The Morgan fingerprint density at radius 3 is 2.96 bits per heavy atom. The molecule has 6 nitrogen and oxygen atoms in total. The van der Waals surface area contributed by atoms with E-state index in [2.05, 4.69) is 31.7 Å². The van der Waals surface area contributed by atoms with E-state index in [0.717, 1.165) is 24.6 Å². The molecule has 0 radical (unpaired) electrons. The molecule has 0 saturated carbocycles. The van der Waals surface area contributed by atoms with Crippen molar-refractivity contribution < 1.29 is 0 Å². The van der Waals surface area contributed by atoms with Gasteiger partial charge in [-0.3, -0.25) is 4.90 Å². The lowest BCUT2D eigenvalue weighted by Crippen LogP contribution is -2.17. The van der Waals surface area contributed by atoms with Crippen LogP contribution in [0.2, 0.25) is 0 Å². The molecule has 0 bridgehead atoms. The number of hydrogen-bond donors (Lipinski definition) is 2. The van der Waals surface area contributed by atoms with Crippen LogP contribution in [0.15, 0.2) is 11.4 Å². The largest absolute Gasteiger partial charge is 0.368 e. The summed E-state index contributed by atoms with van der Waals surface area (Å²) in [5.74, 6) is 3.13. The van der Waals surface area contributed by atoms with Crippen molar-refractivity contribution in [2.75, 3.05) is 36.4 Å². The van der Waals surface area contributed by atoms with E-state index in [1.54, 1.807) is 11.7 Å². The summed E-state index contributed by atoms with van der Waals surface area (Å²) in [5.41, 5.74) is 7.09. The van der Waals surface area contributed by atoms with Crippen LogP contribution in [0.1, 0.15) is 23.3 Å². The topological polar surface area (TPSA) is 72.0 Å². The fourth-order valence-electron chi connectivity index (χ4n) is 2.64. The van der Waals surface area contributed by atoms with Crippen LogP contribution in [0, 0.1) is 0 Å². The van der Waals surface area contributed by atoms with Gasteiger partial charge >= 0.3 is 0 Å². The first kappa shape index (κ1) is 16.6. The number of aryl methyl sites for hydroxylation is 1. The van der Waals surface area contributed by atoms with Crippen molar-refractivity contribution in [1.82, 2.24) is 19.7 Å². The van der Waals surface area contributed by atoms with Gasteiger partial charge in [-0.15, -0.1) is 16.4 Å². The first-order chi connectivity index (χ1) is 11.2. The molecule has 3 heterocycles. The highest BCUT2D eigenvalue weighted by Crippen LogP contribution is 2.22. The number of nitrogens with two attached hydrogens (primary N) is 1. The molecule has 0 unspecified atom stereocenters. The Balaban J connectivity index is 1.33. The second kappa shape index (κ2) is 8.03. The highest BCUT2D eigenvalue weighted by atomic mass is 32.2. The summed E-state index contributed by atoms with van der Waals surface area (Å²) < 4.78 is 1.57. The SMILES string of the molecule is Cn1nc(NCCSCc2csc(CN3CCCC3)c2)nc1N. The molecule has 0 aromatic carbocycles. The van der Waals surface area contributed by atoms with Gasteiger partial charge in [0.2, 0.25) is 11.9 Å². The van der Waals surface area contributed by atoms with E-state index in [9.17, 15) is 0 Å². The third-order valence-corrected chi connectivity index (χ3v) is 5.88. The first-order valence-corrected chi connectivity index (χ1v) is 10.0. The summed E-state index contributed by atoms with van der Waals surface area (Å²) in [6, 6.07) is 2.37. The van der Waals surface area contributed by atoms with Crippen LogP contribution in [0.3, 0.4) is 0 Å². The molecule has 0 spiro atoms. The monoisotopic (exact) mass is 352 g/mol. The van der Waals surface area contributed by atoms with E-state index in [4.69, 9.17) is 5.73 Å². The van der Waals surface area contributed by atoms with Crippen molar-refractivity contribution in [2.45, 2.75) is 25.1 Å². The summed E-state index contributed by atoms with van der Waals surface area (Å²) >= 11 is 3.82. The van der Waals surface area contributed by atoms with Crippen LogP contribution in [0.25, 0.3) is 0 Å². The molecule has 23 heavy (non-hydrogen) atoms. The zero-order chi connectivity index (χ0) is 16.1. The van der Waals surface area contributed by atoms with E-state index in [0.29, 0.717) is 11.9 Å². The summed E-state index contributed by atoms with van der Waals surface area (Å²) in [7, 11) is 1.79. The van der Waals surface area contributed by atoms with E-state index >= 15 is 0 Å². The third-order valence-electron chi connectivity index (χ3n) is 3.88. The molecule has 2 aromatic rings. The molecular weight excluding hydrogens is 328 g/mol. The van der Waals surface area contributed by atoms with Crippen molar-refractivity contribution in [3.63, 3.8) is 0 Å². The number of thioether (sulfide) groups is 1. The third kappa shape index (κ3) is 4.86. The smallest absolute Gasteiger partial charge is 0.243 e. The molecule has 1 saturated heterocycles. The van der Waals surface area contributed by atoms with Crippen LogP contribution in [0.4, 0.5) is 11.9 Å². The Morgan fingerprint density at radius 2 is 2.22 bits per heavy atom. The zero-order valence-corrected chi connectivity index (χ0v) is 15.1. The maximum atomic E-state index is 5.65. The highest BCUT2D eigenvalue weighted by molar-refractivity contribution is 7.98. The molecule has 3 N–H and O–H groups in total. The number of hydrogen-bond acceptors (Lipinski definition) is 7. The van der Waals surface area contributed by atoms with Crippen LogP contribution in [0.5, 0.6) is 0 Å². The second-order valence-electron chi connectivity index (χ2n) is 5.80. The van der Waals surface area contributed by atoms with Crippen LogP contribution < -0.4 is 11.1 Å². The van der Waals surface area contributed by atoms with Gasteiger partial charge in [0, 0.05) is 36.5 Å². The maximum absolute atomic E-state index is 5.65. The quantitative estimate of drug-likeness (QED) is 0.711. The molecule has 1 aliphatic rings. The maximum Gasteiger partial charge on any atom is 0.243 e. The van der Waals surface area contributed by atoms with E-state index in [1.807, 2.05) is 23.1 Å². The van der Waals surface area contributed by atoms with Crippen molar-refractivity contribution in [2.24, 2.45) is 7.05 Å². The van der Waals surface area contributed by atoms with Crippen molar-refractivity contribution in [3.05, 3.63) is 21.9 Å². The lowest BCUT2D eigenvalue weighted by atomic mass is 10.3. The summed E-state index contributed by atoms with van der Waals surface area (Å²) in [5, 5.41) is 9.67. The number of rotatable bonds is 8. The van der Waals surface area contributed by atoms with Crippen molar-refractivity contribution in [1.29, 1.82) is 0 Å². The lowest BCUT2D eigenvalue weighted by Gasteiger charge is -2.12. The Morgan fingerprint density at radius 1 is 1.39 bits per heavy atom. The van der Waals surface area contributed by atoms with Crippen LogP contribution >= 0.6 is 23.1 Å². The number of nitrogen functional groups attached to an aromatic ring is 1. The van der Waals surface area contributed by atoms with Crippen LogP contribution in [-0.4, -0.2) is 45.1 Å². The van der Waals surface area contributed by atoms with Gasteiger partial charge in [-0.2, -0.15) is 16.7 Å². The molecule has 126 valence electrons. The number of aromatic nitrogens is 3. The van der Waals surface area contributed by atoms with Gasteiger partial charge in [-0.1, -0.05) is 0 Å². The Kier molecular flexibility index (Phi) is 5.80. The normalized spacial score (nSPS) is 15.3. The van der Waals surface area contributed by atoms with Crippen molar-refractivity contribution >= 4 is 35.0 Å². The number of anilines is 2.